The molecule has 0 bridgehead atoms. The molecular formula is C23H25N3O4. The topological polar surface area (TPSA) is 79.0 Å². The summed E-state index contributed by atoms with van der Waals surface area (Å²) >= 11 is 0. The Bertz CT molecular complexity index is 1000. The number of nitrogens with one attached hydrogen (secondary N) is 1. The van der Waals surface area contributed by atoms with Crippen LogP contribution in [0.4, 0.5) is 11.4 Å². The van der Waals surface area contributed by atoms with E-state index in [0.717, 1.165) is 36.2 Å². The van der Waals surface area contributed by atoms with Gasteiger partial charge in [0.2, 0.25) is 5.91 Å². The summed E-state index contributed by atoms with van der Waals surface area (Å²) in [5.41, 5.74) is 3.98. The van der Waals surface area contributed by atoms with E-state index in [2.05, 4.69) is 10.2 Å². The van der Waals surface area contributed by atoms with Crippen molar-refractivity contribution < 1.29 is 19.1 Å². The third-order valence-corrected chi connectivity index (χ3v) is 5.78. The summed E-state index contributed by atoms with van der Waals surface area (Å²) in [6.07, 6.45) is 1.81. The van der Waals surface area contributed by atoms with E-state index in [1.54, 1.807) is 19.2 Å². The maximum atomic E-state index is 12.5. The first kappa shape index (κ1) is 19.9. The van der Waals surface area contributed by atoms with Crippen LogP contribution in [0.15, 0.2) is 42.5 Å². The van der Waals surface area contributed by atoms with E-state index in [4.69, 9.17) is 4.74 Å². The molecule has 2 aliphatic rings. The van der Waals surface area contributed by atoms with Gasteiger partial charge in [0.15, 0.2) is 6.61 Å². The fourth-order valence-corrected chi connectivity index (χ4v) is 4.01. The van der Waals surface area contributed by atoms with E-state index < -0.39 is 5.97 Å². The summed E-state index contributed by atoms with van der Waals surface area (Å²) in [5.74, 6) is -0.912. The number of carbonyl (C=O) groups excluding carboxylic acids is 3. The number of fused-ring (bicyclic) bond motifs is 3. The molecule has 1 N–H and O–H groups in total. The molecule has 0 unspecified atom stereocenters. The summed E-state index contributed by atoms with van der Waals surface area (Å²) in [5, 5.41) is 2.88. The van der Waals surface area contributed by atoms with E-state index in [1.165, 1.54) is 4.90 Å². The lowest BCUT2D eigenvalue weighted by molar-refractivity contribution is -0.133. The van der Waals surface area contributed by atoms with Gasteiger partial charge in [-0.25, -0.2) is 4.79 Å². The normalized spacial score (nSPS) is 17.1. The molecule has 1 atom stereocenters. The number of ether oxygens (including phenoxy) is 1. The van der Waals surface area contributed by atoms with Crippen LogP contribution in [0.5, 0.6) is 0 Å². The minimum atomic E-state index is -0.590. The van der Waals surface area contributed by atoms with Gasteiger partial charge in [0.1, 0.15) is 6.04 Å². The summed E-state index contributed by atoms with van der Waals surface area (Å²) in [6, 6.07) is 12.8. The molecule has 0 aromatic heterocycles. The Morgan fingerprint density at radius 1 is 1.23 bits per heavy atom. The van der Waals surface area contributed by atoms with Crippen molar-refractivity contribution in [2.75, 3.05) is 30.4 Å². The average Bonchev–Trinajstić information content (AvgIpc) is 3.24. The van der Waals surface area contributed by atoms with Gasteiger partial charge in [-0.2, -0.15) is 0 Å². The number of aryl methyl sites for hydroxylation is 1. The number of carbonyl (C=O) groups is 3. The Balaban J connectivity index is 1.37. The van der Waals surface area contributed by atoms with E-state index in [9.17, 15) is 14.4 Å². The number of benzene rings is 2. The summed E-state index contributed by atoms with van der Waals surface area (Å²) < 4.78 is 5.23. The highest BCUT2D eigenvalue weighted by atomic mass is 16.5. The summed E-state index contributed by atoms with van der Waals surface area (Å²) in [4.78, 5) is 40.7. The number of likely N-dealkylation sites (N-methyl/N-ethyl adjacent to an activating group) is 1. The monoisotopic (exact) mass is 407 g/mol. The third-order valence-electron chi connectivity index (χ3n) is 5.78. The number of amides is 2. The lowest BCUT2D eigenvalue weighted by Gasteiger charge is -2.33. The molecule has 1 saturated heterocycles. The lowest BCUT2D eigenvalue weighted by Crippen LogP contribution is -2.43. The molecule has 1 fully saturated rings. The molecule has 7 heteroatoms. The molecule has 0 aliphatic carbocycles. The number of rotatable bonds is 5. The van der Waals surface area contributed by atoms with Gasteiger partial charge in [-0.15, -0.1) is 0 Å². The summed E-state index contributed by atoms with van der Waals surface area (Å²) in [7, 11) is 1.68. The van der Waals surface area contributed by atoms with E-state index in [-0.39, 0.29) is 24.5 Å². The van der Waals surface area contributed by atoms with E-state index in [1.807, 2.05) is 37.3 Å². The number of esters is 1. The Morgan fingerprint density at radius 3 is 2.83 bits per heavy atom. The fraction of sp³-hybridized carbons (Fsp3) is 0.348. The third kappa shape index (κ3) is 3.87. The van der Waals surface area contributed by atoms with Crippen molar-refractivity contribution in [3.63, 3.8) is 0 Å². The Morgan fingerprint density at radius 2 is 2.03 bits per heavy atom. The molecule has 0 spiro atoms. The molecule has 2 heterocycles. The number of hydrogen-bond donors (Lipinski definition) is 1. The van der Waals surface area contributed by atoms with Crippen LogP contribution in [-0.2, 0) is 20.9 Å². The van der Waals surface area contributed by atoms with E-state index >= 15 is 0 Å². The minimum absolute atomic E-state index is 0.0430. The van der Waals surface area contributed by atoms with E-state index in [0.29, 0.717) is 17.8 Å². The van der Waals surface area contributed by atoms with Gasteiger partial charge in [0.25, 0.3) is 5.91 Å². The summed E-state index contributed by atoms with van der Waals surface area (Å²) in [6.45, 7) is 2.94. The molecular weight excluding hydrogens is 382 g/mol. The maximum Gasteiger partial charge on any atom is 0.338 e. The largest absolute Gasteiger partial charge is 0.452 e. The van der Waals surface area contributed by atoms with Gasteiger partial charge in [-0.3, -0.25) is 9.59 Å². The molecule has 7 nitrogen and oxygen atoms in total. The van der Waals surface area contributed by atoms with Gasteiger partial charge in [0, 0.05) is 20.1 Å². The van der Waals surface area contributed by atoms with Gasteiger partial charge in [-0.1, -0.05) is 24.3 Å². The van der Waals surface area contributed by atoms with Crippen LogP contribution in [0.3, 0.4) is 0 Å². The molecule has 2 aliphatic heterocycles. The standard InChI is InChI=1S/C23H25N3O4/c1-15-6-3-4-7-17(15)13-25(2)21(27)14-30-23(29)16-9-10-19-18(12-16)24-22(28)20-8-5-11-26(19)20/h3-4,6-7,9-10,12,20H,5,8,11,13-14H2,1-2H3,(H,24,28)/t20-/m0/s1. The minimum Gasteiger partial charge on any atom is -0.452 e. The van der Waals surface area contributed by atoms with Crippen LogP contribution in [0.2, 0.25) is 0 Å². The SMILES string of the molecule is Cc1ccccc1CN(C)C(=O)COC(=O)c1ccc2c(c1)NC(=O)[C@@H]1CCCN21. The molecule has 0 saturated carbocycles. The van der Waals surface area contributed by atoms with Gasteiger partial charge < -0.3 is 19.9 Å². The van der Waals surface area contributed by atoms with Crippen molar-refractivity contribution in [3.8, 4) is 0 Å². The van der Waals surface area contributed by atoms with Crippen LogP contribution in [0.25, 0.3) is 0 Å². The quantitative estimate of drug-likeness (QED) is 0.771. The second kappa shape index (κ2) is 8.18. The first-order chi connectivity index (χ1) is 14.4. The average molecular weight is 407 g/mol. The van der Waals surface area contributed by atoms with Crippen molar-refractivity contribution in [1.29, 1.82) is 0 Å². The number of hydrogen-bond acceptors (Lipinski definition) is 5. The Hall–Kier alpha value is -3.35. The smallest absolute Gasteiger partial charge is 0.338 e. The first-order valence-corrected chi connectivity index (χ1v) is 10.1. The second-order valence-electron chi connectivity index (χ2n) is 7.83. The predicted molar refractivity (Wildman–Crippen MR) is 113 cm³/mol. The second-order valence-corrected chi connectivity index (χ2v) is 7.83. The van der Waals surface area contributed by atoms with Crippen LogP contribution in [0.1, 0.15) is 34.3 Å². The van der Waals surface area contributed by atoms with Crippen molar-refractivity contribution in [2.45, 2.75) is 32.4 Å². The molecule has 2 aromatic rings. The van der Waals surface area contributed by atoms with Crippen molar-refractivity contribution in [3.05, 3.63) is 59.2 Å². The molecule has 2 amide bonds. The van der Waals surface area contributed by atoms with Crippen molar-refractivity contribution in [1.82, 2.24) is 4.90 Å². The van der Waals surface area contributed by atoms with Gasteiger partial charge >= 0.3 is 5.97 Å². The Kier molecular flexibility index (Phi) is 5.44. The maximum absolute atomic E-state index is 12.5. The highest BCUT2D eigenvalue weighted by Crippen LogP contribution is 2.37. The molecule has 2 aromatic carbocycles. The van der Waals surface area contributed by atoms with Crippen LogP contribution < -0.4 is 10.2 Å². The molecule has 30 heavy (non-hydrogen) atoms. The number of anilines is 2. The van der Waals surface area contributed by atoms with Gasteiger partial charge in [0.05, 0.1) is 16.9 Å². The molecule has 156 valence electrons. The van der Waals surface area contributed by atoms with Crippen molar-refractivity contribution in [2.24, 2.45) is 0 Å². The number of nitrogens with zero attached hydrogens (tertiary/aromatic N) is 2. The fourth-order valence-electron chi connectivity index (χ4n) is 4.01. The lowest BCUT2D eigenvalue weighted by atomic mass is 10.1. The zero-order valence-corrected chi connectivity index (χ0v) is 17.2. The van der Waals surface area contributed by atoms with Crippen molar-refractivity contribution >= 4 is 29.2 Å². The first-order valence-electron chi connectivity index (χ1n) is 10.1. The van der Waals surface area contributed by atoms with Crippen LogP contribution in [0, 0.1) is 6.92 Å². The highest BCUT2D eigenvalue weighted by Gasteiger charge is 2.36. The predicted octanol–water partition coefficient (Wildman–Crippen LogP) is 2.73. The Labute approximate surface area is 175 Å². The molecule has 4 rings (SSSR count). The van der Waals surface area contributed by atoms with Gasteiger partial charge in [-0.05, 0) is 49.1 Å². The zero-order valence-electron chi connectivity index (χ0n) is 17.2. The zero-order chi connectivity index (χ0) is 21.3. The highest BCUT2D eigenvalue weighted by molar-refractivity contribution is 6.05. The molecule has 0 radical (unpaired) electrons. The van der Waals surface area contributed by atoms with Crippen LogP contribution >= 0.6 is 0 Å². The van der Waals surface area contributed by atoms with Crippen LogP contribution in [-0.4, -0.2) is 48.9 Å².